The maximum absolute atomic E-state index is 4.99. The minimum Gasteiger partial charge on any atom is -0.385 e. The average molecular weight is 208 g/mol. The predicted octanol–water partition coefficient (Wildman–Crippen LogP) is 1.91. The molecule has 3 nitrogen and oxygen atoms in total. The highest BCUT2D eigenvalue weighted by Gasteiger charge is 1.96. The van der Waals surface area contributed by atoms with Gasteiger partial charge in [0.2, 0.25) is 0 Å². The lowest BCUT2D eigenvalue weighted by Gasteiger charge is -2.06. The van der Waals surface area contributed by atoms with Crippen LogP contribution in [0.15, 0.2) is 18.3 Å². The molecule has 3 heteroatoms. The van der Waals surface area contributed by atoms with Crippen molar-refractivity contribution in [2.24, 2.45) is 0 Å². The largest absolute Gasteiger partial charge is 0.385 e. The summed E-state index contributed by atoms with van der Waals surface area (Å²) in [5.74, 6) is 0. The molecule has 1 aromatic rings. The molecule has 0 saturated carbocycles. The van der Waals surface area contributed by atoms with Crippen LogP contribution in [-0.4, -0.2) is 25.2 Å². The van der Waals surface area contributed by atoms with Crippen LogP contribution < -0.4 is 5.32 Å². The second-order valence-corrected chi connectivity index (χ2v) is 3.62. The molecule has 0 spiro atoms. The van der Waals surface area contributed by atoms with Gasteiger partial charge in [0, 0.05) is 32.2 Å². The molecule has 0 radical (unpaired) electrons. The first-order valence-electron chi connectivity index (χ1n) is 5.44. The van der Waals surface area contributed by atoms with E-state index >= 15 is 0 Å². The number of rotatable bonds is 7. The first kappa shape index (κ1) is 12.1. The van der Waals surface area contributed by atoms with E-state index in [0.717, 1.165) is 38.2 Å². The van der Waals surface area contributed by atoms with Crippen molar-refractivity contribution in [1.29, 1.82) is 0 Å². The Labute approximate surface area is 91.9 Å². The van der Waals surface area contributed by atoms with Gasteiger partial charge in [-0.1, -0.05) is 6.07 Å². The fourth-order valence-electron chi connectivity index (χ4n) is 1.42. The smallest absolute Gasteiger partial charge is 0.0462 e. The molecular weight excluding hydrogens is 188 g/mol. The van der Waals surface area contributed by atoms with Crippen LogP contribution in [0.25, 0.3) is 0 Å². The molecule has 0 unspecified atom stereocenters. The van der Waals surface area contributed by atoms with Gasteiger partial charge in [0.15, 0.2) is 0 Å². The SMILES string of the molecule is COCCCCNCc1cccnc1C. The van der Waals surface area contributed by atoms with Crippen molar-refractivity contribution < 1.29 is 4.74 Å². The second-order valence-electron chi connectivity index (χ2n) is 3.62. The lowest BCUT2D eigenvalue weighted by molar-refractivity contribution is 0.192. The van der Waals surface area contributed by atoms with Crippen molar-refractivity contribution >= 4 is 0 Å². The predicted molar refractivity (Wildman–Crippen MR) is 61.8 cm³/mol. The molecule has 0 aliphatic heterocycles. The van der Waals surface area contributed by atoms with E-state index < -0.39 is 0 Å². The number of aryl methyl sites for hydroxylation is 1. The maximum atomic E-state index is 4.99. The van der Waals surface area contributed by atoms with Gasteiger partial charge in [-0.25, -0.2) is 0 Å². The Morgan fingerprint density at radius 1 is 1.40 bits per heavy atom. The summed E-state index contributed by atoms with van der Waals surface area (Å²) in [5.41, 5.74) is 2.39. The quantitative estimate of drug-likeness (QED) is 0.695. The Morgan fingerprint density at radius 3 is 3.00 bits per heavy atom. The van der Waals surface area contributed by atoms with Crippen LogP contribution in [0.1, 0.15) is 24.1 Å². The fraction of sp³-hybridized carbons (Fsp3) is 0.583. The number of hydrogen-bond acceptors (Lipinski definition) is 3. The summed E-state index contributed by atoms with van der Waals surface area (Å²) in [6.45, 7) is 4.85. The van der Waals surface area contributed by atoms with Crippen molar-refractivity contribution in [3.63, 3.8) is 0 Å². The topological polar surface area (TPSA) is 34.1 Å². The van der Waals surface area contributed by atoms with Crippen molar-refractivity contribution in [2.45, 2.75) is 26.3 Å². The lowest BCUT2D eigenvalue weighted by atomic mass is 10.2. The van der Waals surface area contributed by atoms with Gasteiger partial charge >= 0.3 is 0 Å². The van der Waals surface area contributed by atoms with E-state index in [0.29, 0.717) is 0 Å². The summed E-state index contributed by atoms with van der Waals surface area (Å²) in [4.78, 5) is 4.25. The van der Waals surface area contributed by atoms with E-state index in [-0.39, 0.29) is 0 Å². The molecule has 0 aliphatic carbocycles. The van der Waals surface area contributed by atoms with Crippen LogP contribution in [0.4, 0.5) is 0 Å². The summed E-state index contributed by atoms with van der Waals surface area (Å²) in [6.07, 6.45) is 4.11. The molecule has 0 amide bonds. The highest BCUT2D eigenvalue weighted by Crippen LogP contribution is 2.02. The number of aromatic nitrogens is 1. The average Bonchev–Trinajstić information content (AvgIpc) is 2.25. The molecule has 0 saturated heterocycles. The normalized spacial score (nSPS) is 10.5. The van der Waals surface area contributed by atoms with Gasteiger partial charge in [0.1, 0.15) is 0 Å². The van der Waals surface area contributed by atoms with Crippen molar-refractivity contribution in [3.8, 4) is 0 Å². The molecule has 15 heavy (non-hydrogen) atoms. The molecule has 1 heterocycles. The maximum Gasteiger partial charge on any atom is 0.0462 e. The Balaban J connectivity index is 2.12. The first-order valence-corrected chi connectivity index (χ1v) is 5.44. The Hall–Kier alpha value is -0.930. The Morgan fingerprint density at radius 2 is 2.27 bits per heavy atom. The summed E-state index contributed by atoms with van der Waals surface area (Å²) in [5, 5.41) is 3.41. The van der Waals surface area contributed by atoms with E-state index in [9.17, 15) is 0 Å². The number of methoxy groups -OCH3 is 1. The molecular formula is C12H20N2O. The van der Waals surface area contributed by atoms with Crippen LogP contribution in [-0.2, 0) is 11.3 Å². The minimum atomic E-state index is 0.855. The molecule has 1 aromatic heterocycles. The third kappa shape index (κ3) is 4.91. The molecule has 84 valence electrons. The molecule has 1 N–H and O–H groups in total. The number of nitrogens with one attached hydrogen (secondary N) is 1. The van der Waals surface area contributed by atoms with Crippen molar-refractivity contribution in [3.05, 3.63) is 29.6 Å². The third-order valence-electron chi connectivity index (χ3n) is 2.38. The summed E-state index contributed by atoms with van der Waals surface area (Å²) in [6, 6.07) is 4.10. The molecule has 0 fully saturated rings. The molecule has 0 aliphatic rings. The van der Waals surface area contributed by atoms with Crippen LogP contribution in [0.2, 0.25) is 0 Å². The Kier molecular flexibility index (Phi) is 5.97. The van der Waals surface area contributed by atoms with Crippen LogP contribution in [0.5, 0.6) is 0 Å². The molecule has 0 bridgehead atoms. The van der Waals surface area contributed by atoms with Crippen molar-refractivity contribution in [1.82, 2.24) is 10.3 Å². The zero-order chi connectivity index (χ0) is 10.9. The number of pyridine rings is 1. The van der Waals surface area contributed by atoms with Gasteiger partial charge in [-0.05, 0) is 37.9 Å². The Bertz CT molecular complexity index is 276. The fourth-order valence-corrected chi connectivity index (χ4v) is 1.42. The van der Waals surface area contributed by atoms with Gasteiger partial charge in [-0.2, -0.15) is 0 Å². The lowest BCUT2D eigenvalue weighted by Crippen LogP contribution is -2.16. The van der Waals surface area contributed by atoms with Gasteiger partial charge in [0.25, 0.3) is 0 Å². The van der Waals surface area contributed by atoms with E-state index in [2.05, 4.69) is 16.4 Å². The highest BCUT2D eigenvalue weighted by molar-refractivity contribution is 5.17. The third-order valence-corrected chi connectivity index (χ3v) is 2.38. The number of hydrogen-bond donors (Lipinski definition) is 1. The van der Waals surface area contributed by atoms with Crippen LogP contribution in [0.3, 0.4) is 0 Å². The van der Waals surface area contributed by atoms with Gasteiger partial charge in [0.05, 0.1) is 0 Å². The number of ether oxygens (including phenoxy) is 1. The molecule has 1 rings (SSSR count). The highest BCUT2D eigenvalue weighted by atomic mass is 16.5. The van der Waals surface area contributed by atoms with E-state index in [4.69, 9.17) is 4.74 Å². The van der Waals surface area contributed by atoms with Crippen LogP contribution in [0, 0.1) is 6.92 Å². The molecule has 0 atom stereocenters. The summed E-state index contributed by atoms with van der Waals surface area (Å²) < 4.78 is 4.99. The monoisotopic (exact) mass is 208 g/mol. The molecule has 0 aromatic carbocycles. The second kappa shape index (κ2) is 7.37. The van der Waals surface area contributed by atoms with E-state index in [1.165, 1.54) is 5.56 Å². The zero-order valence-corrected chi connectivity index (χ0v) is 9.62. The van der Waals surface area contributed by atoms with Gasteiger partial charge < -0.3 is 10.1 Å². The van der Waals surface area contributed by atoms with Crippen LogP contribution >= 0.6 is 0 Å². The number of unbranched alkanes of at least 4 members (excludes halogenated alkanes) is 1. The van der Waals surface area contributed by atoms with Gasteiger partial charge in [-0.3, -0.25) is 4.98 Å². The summed E-state index contributed by atoms with van der Waals surface area (Å²) >= 11 is 0. The minimum absolute atomic E-state index is 0.855. The zero-order valence-electron chi connectivity index (χ0n) is 9.62. The van der Waals surface area contributed by atoms with E-state index in [1.54, 1.807) is 7.11 Å². The van der Waals surface area contributed by atoms with E-state index in [1.807, 2.05) is 19.2 Å². The summed E-state index contributed by atoms with van der Waals surface area (Å²) in [7, 11) is 1.74. The van der Waals surface area contributed by atoms with Gasteiger partial charge in [-0.15, -0.1) is 0 Å². The number of nitrogens with zero attached hydrogens (tertiary/aromatic N) is 1. The van der Waals surface area contributed by atoms with Crippen molar-refractivity contribution in [2.75, 3.05) is 20.3 Å². The standard InChI is InChI=1S/C12H20N2O/c1-11-12(6-5-8-14-11)10-13-7-3-4-9-15-2/h5-6,8,13H,3-4,7,9-10H2,1-2H3. The first-order chi connectivity index (χ1) is 7.34.